The first-order valence-electron chi connectivity index (χ1n) is 15.3. The standard InChI is InChI=1S/C36H37N5O7/c1-36(2,3)48-35(44)38-16-9-10-23-18-27(34(43)41(22-23)24-11-7-6-8-12-24)33(42)40-32-14-13-25(21-39-32)47-29-15-17-37-28-20-31(46-5)30(45-4)19-26(28)29/h6-8,11-15,17-22H,9-10,16H2,1-5H3,(H,38,44)(H,39,40,42). The average molecular weight is 652 g/mol. The molecule has 0 aliphatic rings. The van der Waals surface area contributed by atoms with Crippen LogP contribution >= 0.6 is 0 Å². The fourth-order valence-corrected chi connectivity index (χ4v) is 4.88. The summed E-state index contributed by atoms with van der Waals surface area (Å²) in [6.45, 7) is 5.74. The summed E-state index contributed by atoms with van der Waals surface area (Å²) in [5.41, 5.74) is 0.884. The predicted molar refractivity (Wildman–Crippen MR) is 182 cm³/mol. The Morgan fingerprint density at radius 1 is 0.896 bits per heavy atom. The number of aryl methyl sites for hydroxylation is 1. The minimum atomic E-state index is -0.610. The second kappa shape index (κ2) is 14.7. The van der Waals surface area contributed by atoms with Crippen LogP contribution in [0.4, 0.5) is 10.6 Å². The van der Waals surface area contributed by atoms with Gasteiger partial charge in [0.2, 0.25) is 0 Å². The predicted octanol–water partition coefficient (Wildman–Crippen LogP) is 6.30. The van der Waals surface area contributed by atoms with Gasteiger partial charge in [0.05, 0.1) is 25.9 Å². The number of carbonyl (C=O) groups excluding carboxylic acids is 2. The van der Waals surface area contributed by atoms with Crippen LogP contribution in [0.3, 0.4) is 0 Å². The van der Waals surface area contributed by atoms with Crippen molar-refractivity contribution in [2.75, 3.05) is 26.1 Å². The van der Waals surface area contributed by atoms with Crippen LogP contribution in [-0.4, -0.2) is 52.9 Å². The fourth-order valence-electron chi connectivity index (χ4n) is 4.88. The molecule has 12 nitrogen and oxygen atoms in total. The lowest BCUT2D eigenvalue weighted by atomic mass is 10.1. The number of anilines is 1. The Morgan fingerprint density at radius 3 is 2.33 bits per heavy atom. The van der Waals surface area contributed by atoms with Gasteiger partial charge >= 0.3 is 6.09 Å². The Bertz CT molecular complexity index is 1970. The highest BCUT2D eigenvalue weighted by atomic mass is 16.6. The van der Waals surface area contributed by atoms with Gasteiger partial charge in [-0.3, -0.25) is 19.1 Å². The zero-order chi connectivity index (χ0) is 34.3. The maximum Gasteiger partial charge on any atom is 0.407 e. The Balaban J connectivity index is 1.32. The summed E-state index contributed by atoms with van der Waals surface area (Å²) in [7, 11) is 3.11. The number of benzene rings is 2. The van der Waals surface area contributed by atoms with E-state index in [1.165, 1.54) is 10.8 Å². The summed E-state index contributed by atoms with van der Waals surface area (Å²) in [6, 6.07) is 19.1. The third-order valence-corrected chi connectivity index (χ3v) is 7.08. The van der Waals surface area contributed by atoms with E-state index in [0.29, 0.717) is 59.0 Å². The molecule has 0 unspecified atom stereocenters. The van der Waals surface area contributed by atoms with Gasteiger partial charge in [-0.05, 0) is 81.6 Å². The van der Waals surface area contributed by atoms with Crippen LogP contribution in [0.25, 0.3) is 16.6 Å². The van der Waals surface area contributed by atoms with Crippen LogP contribution in [0.5, 0.6) is 23.0 Å². The van der Waals surface area contributed by atoms with Crippen LogP contribution in [0.15, 0.2) is 90.1 Å². The van der Waals surface area contributed by atoms with E-state index in [4.69, 9.17) is 18.9 Å². The normalized spacial score (nSPS) is 11.1. The minimum Gasteiger partial charge on any atom is -0.493 e. The maximum atomic E-state index is 13.5. The molecule has 0 saturated heterocycles. The molecular formula is C36H37N5O7. The largest absolute Gasteiger partial charge is 0.493 e. The Kier molecular flexibility index (Phi) is 10.2. The maximum absolute atomic E-state index is 13.5. The molecule has 2 aromatic carbocycles. The summed E-state index contributed by atoms with van der Waals surface area (Å²) < 4.78 is 23.6. The van der Waals surface area contributed by atoms with Crippen molar-refractivity contribution in [2.45, 2.75) is 39.2 Å². The van der Waals surface area contributed by atoms with Crippen molar-refractivity contribution in [3.05, 3.63) is 107 Å². The van der Waals surface area contributed by atoms with Gasteiger partial charge in [-0.2, -0.15) is 0 Å². The number of nitrogens with one attached hydrogen (secondary N) is 2. The number of ether oxygens (including phenoxy) is 4. The molecule has 5 rings (SSSR count). The molecular weight excluding hydrogens is 614 g/mol. The van der Waals surface area contributed by atoms with E-state index in [1.54, 1.807) is 95.9 Å². The topological polar surface area (TPSA) is 143 Å². The van der Waals surface area contributed by atoms with Crippen molar-refractivity contribution >= 4 is 28.7 Å². The first-order valence-corrected chi connectivity index (χ1v) is 15.3. The number of carbonyl (C=O) groups is 2. The van der Waals surface area contributed by atoms with Crippen LogP contribution < -0.4 is 30.4 Å². The van der Waals surface area contributed by atoms with Crippen molar-refractivity contribution in [3.63, 3.8) is 0 Å². The molecule has 0 aliphatic heterocycles. The molecule has 3 heterocycles. The second-order valence-electron chi connectivity index (χ2n) is 11.8. The molecule has 2 amide bonds. The van der Waals surface area contributed by atoms with Crippen LogP contribution in [-0.2, 0) is 11.2 Å². The summed E-state index contributed by atoms with van der Waals surface area (Å²) >= 11 is 0. The molecule has 0 saturated carbocycles. The van der Waals surface area contributed by atoms with E-state index < -0.39 is 23.2 Å². The van der Waals surface area contributed by atoms with E-state index in [0.717, 1.165) is 5.56 Å². The highest BCUT2D eigenvalue weighted by Gasteiger charge is 2.18. The number of amides is 2. The fraction of sp³-hybridized carbons (Fsp3) is 0.250. The minimum absolute atomic E-state index is 0.0498. The number of fused-ring (bicyclic) bond motifs is 1. The lowest BCUT2D eigenvalue weighted by Gasteiger charge is -2.19. The number of hydrogen-bond acceptors (Lipinski definition) is 9. The van der Waals surface area contributed by atoms with Crippen molar-refractivity contribution in [2.24, 2.45) is 0 Å². The summed E-state index contributed by atoms with van der Waals surface area (Å²) in [4.78, 5) is 47.7. The molecule has 0 radical (unpaired) electrons. The van der Waals surface area contributed by atoms with Gasteiger partial charge in [-0.25, -0.2) is 9.78 Å². The zero-order valence-corrected chi connectivity index (χ0v) is 27.4. The molecule has 5 aromatic rings. The van der Waals surface area contributed by atoms with Gasteiger partial charge in [0.1, 0.15) is 28.5 Å². The highest BCUT2D eigenvalue weighted by Crippen LogP contribution is 2.36. The summed E-state index contributed by atoms with van der Waals surface area (Å²) in [5.74, 6) is 1.65. The van der Waals surface area contributed by atoms with Crippen LogP contribution in [0, 0.1) is 0 Å². The molecule has 0 fully saturated rings. The van der Waals surface area contributed by atoms with Crippen molar-refractivity contribution < 1.29 is 28.5 Å². The number of nitrogens with zero attached hydrogens (tertiary/aromatic N) is 3. The molecule has 0 aliphatic carbocycles. The lowest BCUT2D eigenvalue weighted by molar-refractivity contribution is 0.0527. The molecule has 12 heteroatoms. The monoisotopic (exact) mass is 651 g/mol. The number of aromatic nitrogens is 3. The third-order valence-electron chi connectivity index (χ3n) is 7.08. The highest BCUT2D eigenvalue weighted by molar-refractivity contribution is 6.03. The second-order valence-corrected chi connectivity index (χ2v) is 11.8. The lowest BCUT2D eigenvalue weighted by Crippen LogP contribution is -2.33. The van der Waals surface area contributed by atoms with Crippen LogP contribution in [0.2, 0.25) is 0 Å². The van der Waals surface area contributed by atoms with Gasteiger partial charge in [0.15, 0.2) is 11.5 Å². The van der Waals surface area contributed by atoms with E-state index in [2.05, 4.69) is 20.6 Å². The molecule has 0 bridgehead atoms. The van der Waals surface area contributed by atoms with Gasteiger partial charge in [0, 0.05) is 36.1 Å². The first-order chi connectivity index (χ1) is 23.0. The smallest absolute Gasteiger partial charge is 0.407 e. The van der Waals surface area contributed by atoms with E-state index >= 15 is 0 Å². The zero-order valence-electron chi connectivity index (χ0n) is 27.4. The molecule has 2 N–H and O–H groups in total. The van der Waals surface area contributed by atoms with Crippen molar-refractivity contribution in [1.82, 2.24) is 19.9 Å². The van der Waals surface area contributed by atoms with Crippen LogP contribution in [0.1, 0.15) is 43.1 Å². The summed E-state index contributed by atoms with van der Waals surface area (Å²) in [5, 5.41) is 6.17. The number of pyridine rings is 3. The molecule has 0 atom stereocenters. The number of para-hydroxylation sites is 1. The van der Waals surface area contributed by atoms with Gasteiger partial charge in [0.25, 0.3) is 11.5 Å². The Hall–Kier alpha value is -5.91. The Labute approximate surface area is 277 Å². The van der Waals surface area contributed by atoms with Crippen molar-refractivity contribution in [3.8, 4) is 28.7 Å². The molecule has 248 valence electrons. The molecule has 3 aromatic heterocycles. The number of rotatable bonds is 11. The van der Waals surface area contributed by atoms with E-state index in [1.807, 2.05) is 18.2 Å². The third kappa shape index (κ3) is 8.27. The van der Waals surface area contributed by atoms with Gasteiger partial charge < -0.3 is 29.6 Å². The number of methoxy groups -OCH3 is 2. The number of alkyl carbamates (subject to hydrolysis) is 1. The first kappa shape index (κ1) is 33.5. The van der Waals surface area contributed by atoms with Gasteiger partial charge in [-0.15, -0.1) is 0 Å². The van der Waals surface area contributed by atoms with Gasteiger partial charge in [-0.1, -0.05) is 18.2 Å². The average Bonchev–Trinajstić information content (AvgIpc) is 3.07. The quantitative estimate of drug-likeness (QED) is 0.157. The summed E-state index contributed by atoms with van der Waals surface area (Å²) in [6.07, 6.45) is 5.36. The van der Waals surface area contributed by atoms with Crippen molar-refractivity contribution in [1.29, 1.82) is 0 Å². The Morgan fingerprint density at radius 2 is 1.65 bits per heavy atom. The van der Waals surface area contributed by atoms with E-state index in [9.17, 15) is 14.4 Å². The molecule has 0 spiro atoms. The van der Waals surface area contributed by atoms with E-state index in [-0.39, 0.29) is 11.4 Å². The number of hydrogen-bond donors (Lipinski definition) is 2. The molecule has 48 heavy (non-hydrogen) atoms. The SMILES string of the molecule is COc1cc2nccc(Oc3ccc(NC(=O)c4cc(CCCNC(=O)OC(C)(C)C)cn(-c5ccccc5)c4=O)nc3)c2cc1OC.